The quantitative estimate of drug-likeness (QED) is 0.461. The molecule has 9 heteroatoms. The summed E-state index contributed by atoms with van der Waals surface area (Å²) in [5.74, 6) is -0.108. The minimum Gasteiger partial charge on any atom is -0.370 e. The number of hydrogen-bond acceptors (Lipinski definition) is 7. The molecule has 1 aliphatic heterocycles. The number of anilines is 2. The van der Waals surface area contributed by atoms with E-state index in [1.54, 1.807) is 24.3 Å². The lowest BCUT2D eigenvalue weighted by atomic mass is 10.1. The van der Waals surface area contributed by atoms with Crippen molar-refractivity contribution in [1.29, 1.82) is 0 Å². The van der Waals surface area contributed by atoms with E-state index in [4.69, 9.17) is 0 Å². The van der Waals surface area contributed by atoms with Crippen LogP contribution in [0.25, 0.3) is 0 Å². The van der Waals surface area contributed by atoms with E-state index in [0.29, 0.717) is 30.2 Å². The maximum atomic E-state index is 12.3. The highest BCUT2D eigenvalue weighted by Gasteiger charge is 2.36. The first kappa shape index (κ1) is 19.3. The zero-order valence-corrected chi connectivity index (χ0v) is 15.8. The Bertz CT molecular complexity index is 879. The van der Waals surface area contributed by atoms with E-state index in [0.717, 1.165) is 23.0 Å². The smallest absolute Gasteiger partial charge is 0.262 e. The van der Waals surface area contributed by atoms with Gasteiger partial charge in [-0.15, -0.1) is 0 Å². The molecular formula is C19H22N6O3. The molecule has 0 bridgehead atoms. The first-order chi connectivity index (χ1) is 13.5. The molecule has 3 N–H and O–H groups in total. The Kier molecular flexibility index (Phi) is 5.83. The lowest BCUT2D eigenvalue weighted by Crippen LogP contribution is -2.41. The molecule has 9 nitrogen and oxygen atoms in total. The van der Waals surface area contributed by atoms with Gasteiger partial charge in [0.05, 0.1) is 11.1 Å². The van der Waals surface area contributed by atoms with Crippen LogP contribution in [-0.2, 0) is 4.79 Å². The van der Waals surface area contributed by atoms with Crippen LogP contribution in [0.5, 0.6) is 0 Å². The molecule has 0 fully saturated rings. The minimum absolute atomic E-state index is 0.301. The van der Waals surface area contributed by atoms with Gasteiger partial charge in [-0.1, -0.05) is 12.1 Å². The van der Waals surface area contributed by atoms with Crippen LogP contribution in [0.2, 0.25) is 0 Å². The van der Waals surface area contributed by atoms with Crippen molar-refractivity contribution < 1.29 is 14.4 Å². The molecule has 28 heavy (non-hydrogen) atoms. The molecular weight excluding hydrogens is 360 g/mol. The van der Waals surface area contributed by atoms with Crippen LogP contribution in [0.3, 0.4) is 0 Å². The summed E-state index contributed by atoms with van der Waals surface area (Å²) in [7, 11) is 0. The van der Waals surface area contributed by atoms with Crippen LogP contribution in [0.1, 0.15) is 33.3 Å². The molecule has 1 aliphatic rings. The molecule has 0 unspecified atom stereocenters. The zero-order chi connectivity index (χ0) is 20.1. The van der Waals surface area contributed by atoms with Gasteiger partial charge in [-0.2, -0.15) is 4.98 Å². The molecule has 3 amide bonds. The van der Waals surface area contributed by atoms with Crippen LogP contribution in [0, 0.1) is 6.92 Å². The Morgan fingerprint density at radius 2 is 1.71 bits per heavy atom. The third-order valence-corrected chi connectivity index (χ3v) is 4.12. The summed E-state index contributed by atoms with van der Waals surface area (Å²) in [5.41, 5.74) is 1.48. The highest BCUT2D eigenvalue weighted by atomic mass is 16.2. The maximum Gasteiger partial charge on any atom is 0.262 e. The summed E-state index contributed by atoms with van der Waals surface area (Å²) in [4.78, 5) is 46.2. The molecule has 2 heterocycles. The van der Waals surface area contributed by atoms with Gasteiger partial charge in [0.2, 0.25) is 11.9 Å². The number of imide groups is 1. The molecule has 0 saturated carbocycles. The number of carbonyl (C=O) groups excluding carboxylic acids is 3. The molecule has 0 spiro atoms. The highest BCUT2D eigenvalue weighted by molar-refractivity contribution is 6.22. The largest absolute Gasteiger partial charge is 0.370 e. The average Bonchev–Trinajstić information content (AvgIpc) is 2.90. The van der Waals surface area contributed by atoms with Gasteiger partial charge in [0.15, 0.2) is 0 Å². The van der Waals surface area contributed by atoms with Crippen molar-refractivity contribution in [2.75, 3.05) is 36.8 Å². The fraction of sp³-hybridized carbons (Fsp3) is 0.316. The number of amides is 3. The van der Waals surface area contributed by atoms with Crippen molar-refractivity contribution in [3.63, 3.8) is 0 Å². The van der Waals surface area contributed by atoms with Gasteiger partial charge in [-0.05, 0) is 26.0 Å². The second-order valence-corrected chi connectivity index (χ2v) is 6.27. The number of carbonyl (C=O) groups is 3. The topological polar surface area (TPSA) is 116 Å². The van der Waals surface area contributed by atoms with Crippen LogP contribution in [-0.4, -0.2) is 58.8 Å². The molecule has 2 aromatic rings. The van der Waals surface area contributed by atoms with Crippen molar-refractivity contribution in [3.8, 4) is 0 Å². The van der Waals surface area contributed by atoms with E-state index in [-0.39, 0.29) is 6.54 Å². The first-order valence-electron chi connectivity index (χ1n) is 9.05. The summed E-state index contributed by atoms with van der Waals surface area (Å²) < 4.78 is 0. The van der Waals surface area contributed by atoms with Crippen molar-refractivity contribution >= 4 is 29.5 Å². The number of rotatable bonds is 8. The number of hydrogen-bond donors (Lipinski definition) is 3. The molecule has 1 aromatic heterocycles. The molecule has 0 radical (unpaired) electrons. The minimum atomic E-state index is -0.446. The molecule has 0 atom stereocenters. The van der Waals surface area contributed by atoms with Crippen LogP contribution in [0.4, 0.5) is 11.8 Å². The van der Waals surface area contributed by atoms with Crippen LogP contribution >= 0.6 is 0 Å². The van der Waals surface area contributed by atoms with Gasteiger partial charge in [0.1, 0.15) is 12.4 Å². The second kappa shape index (κ2) is 8.47. The predicted molar refractivity (Wildman–Crippen MR) is 104 cm³/mol. The maximum absolute atomic E-state index is 12.3. The Morgan fingerprint density at radius 1 is 1.04 bits per heavy atom. The SMILES string of the molecule is CCNc1cc(C)nc(NCCNC(=O)CN2C(=O)c3ccccc3C2=O)n1. The van der Waals surface area contributed by atoms with E-state index in [2.05, 4.69) is 25.9 Å². The van der Waals surface area contributed by atoms with Crippen LogP contribution < -0.4 is 16.0 Å². The second-order valence-electron chi connectivity index (χ2n) is 6.27. The number of benzene rings is 1. The van der Waals surface area contributed by atoms with Crippen molar-refractivity contribution in [2.24, 2.45) is 0 Å². The van der Waals surface area contributed by atoms with Gasteiger partial charge in [-0.25, -0.2) is 4.98 Å². The summed E-state index contributed by atoms with van der Waals surface area (Å²) in [6.07, 6.45) is 0. The third-order valence-electron chi connectivity index (χ3n) is 4.12. The highest BCUT2D eigenvalue weighted by Crippen LogP contribution is 2.21. The Labute approximate surface area is 162 Å². The summed E-state index contributed by atoms with van der Waals surface area (Å²) in [5, 5.41) is 8.85. The van der Waals surface area contributed by atoms with E-state index in [1.807, 2.05) is 19.9 Å². The Hall–Kier alpha value is -3.49. The van der Waals surface area contributed by atoms with E-state index < -0.39 is 17.7 Å². The van der Waals surface area contributed by atoms with Gasteiger partial charge < -0.3 is 16.0 Å². The zero-order valence-electron chi connectivity index (χ0n) is 15.8. The molecule has 1 aromatic carbocycles. The fourth-order valence-corrected chi connectivity index (χ4v) is 2.88. The average molecular weight is 382 g/mol. The van der Waals surface area contributed by atoms with Gasteiger partial charge in [0, 0.05) is 31.4 Å². The van der Waals surface area contributed by atoms with Crippen molar-refractivity contribution in [2.45, 2.75) is 13.8 Å². The van der Waals surface area contributed by atoms with Crippen LogP contribution in [0.15, 0.2) is 30.3 Å². The van der Waals surface area contributed by atoms with Gasteiger partial charge in [-0.3, -0.25) is 19.3 Å². The summed E-state index contributed by atoms with van der Waals surface area (Å²) in [6.45, 7) is 5.01. The lowest BCUT2D eigenvalue weighted by molar-refractivity contribution is -0.121. The lowest BCUT2D eigenvalue weighted by Gasteiger charge is -2.14. The van der Waals surface area contributed by atoms with Gasteiger partial charge >= 0.3 is 0 Å². The fourth-order valence-electron chi connectivity index (χ4n) is 2.88. The Morgan fingerprint density at radius 3 is 2.36 bits per heavy atom. The number of aromatic nitrogens is 2. The predicted octanol–water partition coefficient (Wildman–Crippen LogP) is 1.04. The Balaban J connectivity index is 1.47. The number of aryl methyl sites for hydroxylation is 1. The number of nitrogens with one attached hydrogen (secondary N) is 3. The normalized spacial score (nSPS) is 12.7. The molecule has 146 valence electrons. The van der Waals surface area contributed by atoms with Gasteiger partial charge in [0.25, 0.3) is 11.8 Å². The monoisotopic (exact) mass is 382 g/mol. The standard InChI is InChI=1S/C19H22N6O3/c1-3-20-15-10-12(2)23-19(24-15)22-9-8-21-16(26)11-25-17(27)13-6-4-5-7-14(13)18(25)28/h4-7,10H,3,8-9,11H2,1-2H3,(H,21,26)(H2,20,22,23,24). The first-order valence-corrected chi connectivity index (χ1v) is 9.05. The number of fused-ring (bicyclic) bond motifs is 1. The molecule has 0 saturated heterocycles. The third kappa shape index (κ3) is 4.25. The summed E-state index contributed by atoms with van der Waals surface area (Å²) >= 11 is 0. The summed E-state index contributed by atoms with van der Waals surface area (Å²) in [6, 6.07) is 8.39. The van der Waals surface area contributed by atoms with E-state index >= 15 is 0 Å². The van der Waals surface area contributed by atoms with Crippen molar-refractivity contribution in [1.82, 2.24) is 20.2 Å². The number of nitrogens with zero attached hydrogens (tertiary/aromatic N) is 3. The van der Waals surface area contributed by atoms with E-state index in [9.17, 15) is 14.4 Å². The molecule has 0 aliphatic carbocycles. The van der Waals surface area contributed by atoms with E-state index in [1.165, 1.54) is 0 Å². The molecule has 3 rings (SSSR count). The van der Waals surface area contributed by atoms with Crippen molar-refractivity contribution in [3.05, 3.63) is 47.2 Å².